The summed E-state index contributed by atoms with van der Waals surface area (Å²) in [6.07, 6.45) is 0.976. The molecule has 0 aromatic heterocycles. The Hall–Kier alpha value is -1.16. The second-order valence-electron chi connectivity index (χ2n) is 3.21. The average Bonchev–Trinajstić information content (AvgIpc) is 2.04. The first-order valence-electron chi connectivity index (χ1n) is 4.54. The molecule has 1 atom stereocenters. The van der Waals surface area contributed by atoms with Gasteiger partial charge in [0.05, 0.1) is 0 Å². The number of benzene rings is 1. The monoisotopic (exact) mass is 199 g/mol. The standard InChI is InChI=1S/C10H11F2NO/c11-10(12)14-9-4-2-1-3-7(9)8-5-6-13-8/h1-4,8,10,13H,5-6H2. The van der Waals surface area contributed by atoms with E-state index in [-0.39, 0.29) is 11.8 Å². The van der Waals surface area contributed by atoms with Crippen molar-refractivity contribution in [2.45, 2.75) is 19.1 Å². The third-order valence-electron chi connectivity index (χ3n) is 2.33. The molecule has 0 aliphatic carbocycles. The Kier molecular flexibility index (Phi) is 2.63. The lowest BCUT2D eigenvalue weighted by Gasteiger charge is -2.29. The van der Waals surface area contributed by atoms with E-state index in [0.717, 1.165) is 18.5 Å². The lowest BCUT2D eigenvalue weighted by Crippen LogP contribution is -2.35. The molecule has 1 aliphatic rings. The van der Waals surface area contributed by atoms with Crippen LogP contribution in [0.15, 0.2) is 24.3 Å². The summed E-state index contributed by atoms with van der Waals surface area (Å²) in [5, 5.41) is 3.15. The van der Waals surface area contributed by atoms with Crippen LogP contribution in [0.1, 0.15) is 18.0 Å². The van der Waals surface area contributed by atoms with Crippen LogP contribution in [-0.2, 0) is 0 Å². The molecule has 1 aromatic rings. The van der Waals surface area contributed by atoms with Crippen LogP contribution >= 0.6 is 0 Å². The van der Waals surface area contributed by atoms with E-state index in [1.807, 2.05) is 12.1 Å². The van der Waals surface area contributed by atoms with E-state index in [1.54, 1.807) is 12.1 Å². The Bertz CT molecular complexity index is 313. The number of nitrogens with one attached hydrogen (secondary N) is 1. The average molecular weight is 199 g/mol. The van der Waals surface area contributed by atoms with Crippen molar-refractivity contribution >= 4 is 0 Å². The van der Waals surface area contributed by atoms with Gasteiger partial charge >= 0.3 is 6.61 Å². The first kappa shape index (κ1) is 9.40. The molecule has 1 aromatic carbocycles. The van der Waals surface area contributed by atoms with Crippen molar-refractivity contribution in [1.29, 1.82) is 0 Å². The van der Waals surface area contributed by atoms with Gasteiger partial charge in [-0.3, -0.25) is 0 Å². The molecular weight excluding hydrogens is 188 g/mol. The molecule has 2 nitrogen and oxygen atoms in total. The molecule has 0 radical (unpaired) electrons. The van der Waals surface area contributed by atoms with Gasteiger partial charge in [-0.15, -0.1) is 0 Å². The largest absolute Gasteiger partial charge is 0.434 e. The fourth-order valence-corrected chi connectivity index (χ4v) is 1.53. The Balaban J connectivity index is 2.19. The minimum absolute atomic E-state index is 0.171. The van der Waals surface area contributed by atoms with Gasteiger partial charge in [-0.1, -0.05) is 18.2 Å². The summed E-state index contributed by atoms with van der Waals surface area (Å²) in [5.74, 6) is 0.278. The van der Waals surface area contributed by atoms with Gasteiger partial charge in [-0.05, 0) is 19.0 Å². The highest BCUT2D eigenvalue weighted by Crippen LogP contribution is 2.31. The number of hydrogen-bond acceptors (Lipinski definition) is 2. The van der Waals surface area contributed by atoms with Crippen molar-refractivity contribution in [3.05, 3.63) is 29.8 Å². The molecule has 0 bridgehead atoms. The maximum absolute atomic E-state index is 12.0. The minimum atomic E-state index is -2.75. The Morgan fingerprint density at radius 1 is 1.36 bits per heavy atom. The normalized spacial score (nSPS) is 20.6. The third kappa shape index (κ3) is 1.85. The molecule has 0 spiro atoms. The number of ether oxygens (including phenoxy) is 1. The van der Waals surface area contributed by atoms with E-state index >= 15 is 0 Å². The highest BCUT2D eigenvalue weighted by atomic mass is 19.3. The van der Waals surface area contributed by atoms with Crippen molar-refractivity contribution < 1.29 is 13.5 Å². The predicted octanol–water partition coefficient (Wildman–Crippen LogP) is 2.32. The van der Waals surface area contributed by atoms with Crippen molar-refractivity contribution in [2.24, 2.45) is 0 Å². The van der Waals surface area contributed by atoms with Gasteiger partial charge in [0, 0.05) is 11.6 Å². The maximum atomic E-state index is 12.0. The van der Waals surface area contributed by atoms with Crippen LogP contribution in [0.4, 0.5) is 8.78 Å². The number of rotatable bonds is 3. The van der Waals surface area contributed by atoms with Crippen molar-refractivity contribution in [3.63, 3.8) is 0 Å². The van der Waals surface area contributed by atoms with E-state index in [0.29, 0.717) is 0 Å². The van der Waals surface area contributed by atoms with Gasteiger partial charge in [0.25, 0.3) is 0 Å². The first-order chi connectivity index (χ1) is 6.77. The van der Waals surface area contributed by atoms with Crippen LogP contribution in [0.2, 0.25) is 0 Å². The van der Waals surface area contributed by atoms with E-state index in [1.165, 1.54) is 0 Å². The summed E-state index contributed by atoms with van der Waals surface area (Å²) in [5.41, 5.74) is 0.819. The molecule has 0 saturated carbocycles. The van der Waals surface area contributed by atoms with Gasteiger partial charge in [0.15, 0.2) is 0 Å². The van der Waals surface area contributed by atoms with E-state index < -0.39 is 6.61 Å². The molecule has 1 fully saturated rings. The molecule has 1 heterocycles. The molecule has 76 valence electrons. The van der Waals surface area contributed by atoms with E-state index in [2.05, 4.69) is 10.1 Å². The van der Waals surface area contributed by atoms with Crippen LogP contribution in [0.5, 0.6) is 5.75 Å². The van der Waals surface area contributed by atoms with Crippen LogP contribution in [0.3, 0.4) is 0 Å². The zero-order chi connectivity index (χ0) is 9.97. The highest BCUT2D eigenvalue weighted by molar-refractivity contribution is 5.36. The molecule has 4 heteroatoms. The van der Waals surface area contributed by atoms with Gasteiger partial charge in [0.2, 0.25) is 0 Å². The quantitative estimate of drug-likeness (QED) is 0.806. The van der Waals surface area contributed by atoms with Gasteiger partial charge in [0.1, 0.15) is 5.75 Å². The minimum Gasteiger partial charge on any atom is -0.434 e. The van der Waals surface area contributed by atoms with Gasteiger partial charge in [-0.2, -0.15) is 8.78 Å². The van der Waals surface area contributed by atoms with Crippen LogP contribution in [0.25, 0.3) is 0 Å². The van der Waals surface area contributed by atoms with Crippen molar-refractivity contribution in [1.82, 2.24) is 5.32 Å². The van der Waals surface area contributed by atoms with Crippen LogP contribution in [0, 0.1) is 0 Å². The summed E-state index contributed by atoms with van der Waals surface area (Å²) < 4.78 is 28.5. The van der Waals surface area contributed by atoms with Crippen molar-refractivity contribution in [2.75, 3.05) is 6.54 Å². The Labute approximate surface area is 80.9 Å². The molecular formula is C10H11F2NO. The maximum Gasteiger partial charge on any atom is 0.387 e. The fraction of sp³-hybridized carbons (Fsp3) is 0.400. The third-order valence-corrected chi connectivity index (χ3v) is 2.33. The predicted molar refractivity (Wildman–Crippen MR) is 48.4 cm³/mol. The number of hydrogen-bond donors (Lipinski definition) is 1. The molecule has 0 amide bonds. The number of halogens is 2. The zero-order valence-electron chi connectivity index (χ0n) is 7.54. The Morgan fingerprint density at radius 2 is 2.07 bits per heavy atom. The van der Waals surface area contributed by atoms with Crippen molar-refractivity contribution in [3.8, 4) is 5.75 Å². The Morgan fingerprint density at radius 3 is 2.64 bits per heavy atom. The van der Waals surface area contributed by atoms with E-state index in [9.17, 15) is 8.78 Å². The lowest BCUT2D eigenvalue weighted by atomic mass is 9.97. The summed E-state index contributed by atoms with van der Waals surface area (Å²) >= 11 is 0. The van der Waals surface area contributed by atoms with Gasteiger partial charge < -0.3 is 10.1 Å². The lowest BCUT2D eigenvalue weighted by molar-refractivity contribution is -0.0509. The fourth-order valence-electron chi connectivity index (χ4n) is 1.53. The summed E-state index contributed by atoms with van der Waals surface area (Å²) in [6.45, 7) is -1.82. The summed E-state index contributed by atoms with van der Waals surface area (Å²) in [7, 11) is 0. The molecule has 1 aliphatic heterocycles. The van der Waals surface area contributed by atoms with Crippen LogP contribution < -0.4 is 10.1 Å². The van der Waals surface area contributed by atoms with Gasteiger partial charge in [-0.25, -0.2) is 0 Å². The smallest absolute Gasteiger partial charge is 0.387 e. The number of para-hydroxylation sites is 1. The van der Waals surface area contributed by atoms with E-state index in [4.69, 9.17) is 0 Å². The highest BCUT2D eigenvalue weighted by Gasteiger charge is 2.22. The molecule has 1 N–H and O–H groups in total. The first-order valence-corrected chi connectivity index (χ1v) is 4.54. The molecule has 1 saturated heterocycles. The summed E-state index contributed by atoms with van der Waals surface area (Å²) in [4.78, 5) is 0. The second-order valence-corrected chi connectivity index (χ2v) is 3.21. The molecule has 1 unspecified atom stereocenters. The molecule has 2 rings (SSSR count). The van der Waals surface area contributed by atoms with Crippen LogP contribution in [-0.4, -0.2) is 13.2 Å². The topological polar surface area (TPSA) is 21.3 Å². The SMILES string of the molecule is FC(F)Oc1ccccc1C1CCN1. The second kappa shape index (κ2) is 3.92. The summed E-state index contributed by atoms with van der Waals surface area (Å²) in [6, 6.07) is 7.08. The zero-order valence-corrected chi connectivity index (χ0v) is 7.54. The number of alkyl halides is 2. The molecule has 14 heavy (non-hydrogen) atoms.